The number of carbonyl (C=O) groups is 2. The number of phenolic OH excluding ortho intramolecular Hbond substituents is 1. The highest BCUT2D eigenvalue weighted by Crippen LogP contribution is 2.32. The minimum absolute atomic E-state index is 0.163. The van der Waals surface area contributed by atoms with Crippen LogP contribution in [0.1, 0.15) is 37.3 Å². The summed E-state index contributed by atoms with van der Waals surface area (Å²) in [5, 5.41) is 16.1. The molecule has 0 bridgehead atoms. The number of amides is 2. The number of thiazole rings is 1. The van der Waals surface area contributed by atoms with Crippen LogP contribution in [-0.2, 0) is 22.6 Å². The first-order chi connectivity index (χ1) is 18.5. The molecule has 4 aromatic rings. The number of phenols is 1. The maximum atomic E-state index is 13.0. The van der Waals surface area contributed by atoms with Gasteiger partial charge in [-0.3, -0.25) is 9.59 Å². The van der Waals surface area contributed by atoms with Gasteiger partial charge in [-0.15, -0.1) is 0 Å². The molecule has 3 aromatic carbocycles. The van der Waals surface area contributed by atoms with Crippen LogP contribution in [0.5, 0.6) is 11.5 Å². The summed E-state index contributed by atoms with van der Waals surface area (Å²) in [7, 11) is 0. The Kier molecular flexibility index (Phi) is 9.48. The van der Waals surface area contributed by atoms with E-state index in [9.17, 15) is 14.7 Å². The molecule has 4 rings (SSSR count). The molecule has 0 spiro atoms. The number of nitrogens with zero attached hydrogens (tertiary/aromatic N) is 1. The molecule has 0 saturated carbocycles. The fraction of sp³-hybridized carbons (Fsp3) is 0.233. The van der Waals surface area contributed by atoms with Gasteiger partial charge in [0.1, 0.15) is 24.1 Å². The number of para-hydroxylation sites is 2. The minimum Gasteiger partial charge on any atom is -0.508 e. The molecule has 8 heteroatoms. The van der Waals surface area contributed by atoms with Crippen LogP contribution in [0, 0.1) is 0 Å². The fourth-order valence-corrected chi connectivity index (χ4v) is 4.89. The minimum atomic E-state index is -0.671. The number of rotatable bonds is 12. The second kappa shape index (κ2) is 13.4. The number of carbonyl (C=O) groups excluding carboxylic acids is 2. The zero-order chi connectivity index (χ0) is 26.7. The largest absolute Gasteiger partial charge is 0.508 e. The van der Waals surface area contributed by atoms with Crippen LogP contribution in [0.15, 0.2) is 85.1 Å². The van der Waals surface area contributed by atoms with Gasteiger partial charge in [0.25, 0.3) is 0 Å². The summed E-state index contributed by atoms with van der Waals surface area (Å²) < 4.78 is 5.94. The molecule has 0 fully saturated rings. The van der Waals surface area contributed by atoms with Gasteiger partial charge in [-0.05, 0) is 47.7 Å². The van der Waals surface area contributed by atoms with E-state index in [1.807, 2.05) is 67.6 Å². The molecule has 1 unspecified atom stereocenters. The lowest BCUT2D eigenvalue weighted by Crippen LogP contribution is -2.43. The predicted octanol–water partition coefficient (Wildman–Crippen LogP) is 5.95. The van der Waals surface area contributed by atoms with Crippen LogP contribution in [-0.4, -0.2) is 27.9 Å². The van der Waals surface area contributed by atoms with Gasteiger partial charge < -0.3 is 20.5 Å². The van der Waals surface area contributed by atoms with Crippen molar-refractivity contribution in [2.24, 2.45) is 0 Å². The van der Waals surface area contributed by atoms with Crippen molar-refractivity contribution in [3.05, 3.63) is 96.2 Å². The van der Waals surface area contributed by atoms with E-state index in [2.05, 4.69) is 15.6 Å². The Hall–Kier alpha value is -4.17. The average Bonchev–Trinajstić information content (AvgIpc) is 3.40. The Bertz CT molecular complexity index is 1360. The van der Waals surface area contributed by atoms with Gasteiger partial charge in [-0.25, -0.2) is 4.98 Å². The zero-order valence-electron chi connectivity index (χ0n) is 21.2. The van der Waals surface area contributed by atoms with Crippen LogP contribution in [0.25, 0.3) is 10.4 Å². The number of aromatic nitrogens is 1. The Morgan fingerprint density at radius 2 is 1.68 bits per heavy atom. The molecule has 0 aliphatic carbocycles. The summed E-state index contributed by atoms with van der Waals surface area (Å²) in [5.41, 5.74) is 2.70. The third kappa shape index (κ3) is 7.43. The summed E-state index contributed by atoms with van der Waals surface area (Å²) >= 11 is 1.37. The van der Waals surface area contributed by atoms with Crippen molar-refractivity contribution in [1.82, 2.24) is 10.3 Å². The molecular weight excluding hydrogens is 498 g/mol. The first kappa shape index (κ1) is 26.9. The summed E-state index contributed by atoms with van der Waals surface area (Å²) in [6.45, 7) is 2.37. The molecule has 38 heavy (non-hydrogen) atoms. The first-order valence-electron chi connectivity index (χ1n) is 12.6. The monoisotopic (exact) mass is 529 g/mol. The second-order valence-electron chi connectivity index (χ2n) is 8.82. The van der Waals surface area contributed by atoms with Crippen molar-refractivity contribution in [3.63, 3.8) is 0 Å². The highest BCUT2D eigenvalue weighted by Gasteiger charge is 2.21. The number of hydrogen-bond acceptors (Lipinski definition) is 6. The van der Waals surface area contributed by atoms with Crippen LogP contribution in [0.3, 0.4) is 0 Å². The number of hydrogen-bond donors (Lipinski definition) is 3. The molecule has 0 radical (unpaired) electrons. The highest BCUT2D eigenvalue weighted by molar-refractivity contribution is 7.19. The molecular formula is C30H31N3O4S. The molecule has 0 aliphatic rings. The van der Waals surface area contributed by atoms with Gasteiger partial charge in [-0.2, -0.15) is 0 Å². The van der Waals surface area contributed by atoms with E-state index >= 15 is 0 Å². The second-order valence-corrected chi connectivity index (χ2v) is 9.85. The van der Waals surface area contributed by atoms with Crippen molar-refractivity contribution in [2.45, 2.75) is 45.3 Å². The maximum absolute atomic E-state index is 13.0. The van der Waals surface area contributed by atoms with Crippen LogP contribution in [0.4, 0.5) is 5.13 Å². The lowest BCUT2D eigenvalue weighted by Gasteiger charge is -2.17. The van der Waals surface area contributed by atoms with Crippen LogP contribution in [0.2, 0.25) is 0 Å². The van der Waals surface area contributed by atoms with E-state index in [1.165, 1.54) is 11.3 Å². The number of aryl methyl sites for hydroxylation is 1. The molecule has 0 aliphatic heterocycles. The van der Waals surface area contributed by atoms with E-state index in [1.54, 1.807) is 24.4 Å². The van der Waals surface area contributed by atoms with Gasteiger partial charge in [0.2, 0.25) is 11.8 Å². The third-order valence-corrected chi connectivity index (χ3v) is 6.94. The third-order valence-electron chi connectivity index (χ3n) is 6.00. The molecule has 1 atom stereocenters. The van der Waals surface area contributed by atoms with Crippen molar-refractivity contribution in [1.29, 1.82) is 0 Å². The Balaban J connectivity index is 1.37. The predicted molar refractivity (Wildman–Crippen MR) is 150 cm³/mol. The van der Waals surface area contributed by atoms with E-state index in [-0.39, 0.29) is 24.0 Å². The van der Waals surface area contributed by atoms with E-state index in [0.29, 0.717) is 30.1 Å². The summed E-state index contributed by atoms with van der Waals surface area (Å²) in [6.07, 6.45) is 3.54. The van der Waals surface area contributed by atoms with Crippen LogP contribution >= 0.6 is 11.3 Å². The molecule has 7 nitrogen and oxygen atoms in total. The quantitative estimate of drug-likeness (QED) is 0.211. The standard InChI is InChI=1S/C30H31N3O4S/c1-2-10-25(32-28(35)18-17-21-11-7-9-16-26(21)34)29(36)33-30-31-19-27(38-30)24-15-8-6-12-22(24)20-37-23-13-4-3-5-14-23/h3-9,11-16,19,25,34H,2,10,17-18,20H2,1H3,(H,32,35)(H,31,33,36). The number of aromatic hydroxyl groups is 1. The van der Waals surface area contributed by atoms with Gasteiger partial charge in [-0.1, -0.05) is 85.3 Å². The molecule has 2 amide bonds. The van der Waals surface area contributed by atoms with Crippen molar-refractivity contribution in [3.8, 4) is 21.9 Å². The number of anilines is 1. The summed E-state index contributed by atoms with van der Waals surface area (Å²) in [5.74, 6) is 0.415. The Morgan fingerprint density at radius 1 is 0.974 bits per heavy atom. The van der Waals surface area contributed by atoms with Gasteiger partial charge >= 0.3 is 0 Å². The molecule has 0 saturated heterocycles. The van der Waals surface area contributed by atoms with Crippen molar-refractivity contribution < 1.29 is 19.4 Å². The fourth-order valence-electron chi connectivity index (χ4n) is 4.01. The first-order valence-corrected chi connectivity index (χ1v) is 13.4. The lowest BCUT2D eigenvalue weighted by atomic mass is 10.1. The van der Waals surface area contributed by atoms with Crippen LogP contribution < -0.4 is 15.4 Å². The van der Waals surface area contributed by atoms with E-state index in [4.69, 9.17) is 4.74 Å². The van der Waals surface area contributed by atoms with Gasteiger partial charge in [0, 0.05) is 12.6 Å². The molecule has 196 valence electrons. The smallest absolute Gasteiger partial charge is 0.248 e. The maximum Gasteiger partial charge on any atom is 0.248 e. The molecule has 3 N–H and O–H groups in total. The zero-order valence-corrected chi connectivity index (χ0v) is 22.0. The SMILES string of the molecule is CCCC(NC(=O)CCc1ccccc1O)C(=O)Nc1ncc(-c2ccccc2COc2ccccc2)s1. The van der Waals surface area contributed by atoms with Gasteiger partial charge in [0.05, 0.1) is 4.88 Å². The van der Waals surface area contributed by atoms with E-state index < -0.39 is 6.04 Å². The lowest BCUT2D eigenvalue weighted by molar-refractivity contribution is -0.126. The number of benzene rings is 3. The number of ether oxygens (including phenoxy) is 1. The van der Waals surface area contributed by atoms with Crippen molar-refractivity contribution >= 4 is 28.3 Å². The Labute approximate surface area is 226 Å². The summed E-state index contributed by atoms with van der Waals surface area (Å²) in [4.78, 5) is 30.9. The summed E-state index contributed by atoms with van der Waals surface area (Å²) in [6, 6.07) is 23.9. The molecule has 1 heterocycles. The average molecular weight is 530 g/mol. The highest BCUT2D eigenvalue weighted by atomic mass is 32.1. The van der Waals surface area contributed by atoms with Gasteiger partial charge in [0.15, 0.2) is 5.13 Å². The van der Waals surface area contributed by atoms with E-state index in [0.717, 1.165) is 28.2 Å². The van der Waals surface area contributed by atoms with Crippen molar-refractivity contribution in [2.75, 3.05) is 5.32 Å². The normalized spacial score (nSPS) is 11.5. The topological polar surface area (TPSA) is 101 Å². The Morgan fingerprint density at radius 3 is 2.45 bits per heavy atom. The number of nitrogens with one attached hydrogen (secondary N) is 2. The molecule has 1 aromatic heterocycles.